The number of carbonyl (C=O) groups excluding carboxylic acids is 2. The van der Waals surface area contributed by atoms with Crippen molar-refractivity contribution in [3.05, 3.63) is 65.5 Å². The molecule has 1 unspecified atom stereocenters. The molecule has 2 aromatic carbocycles. The van der Waals surface area contributed by atoms with E-state index in [2.05, 4.69) is 34.6 Å². The van der Waals surface area contributed by atoms with Crippen LogP contribution in [0.4, 0.5) is 10.1 Å². The molecule has 6 nitrogen and oxygen atoms in total. The van der Waals surface area contributed by atoms with Crippen molar-refractivity contribution in [2.75, 3.05) is 18.0 Å². The van der Waals surface area contributed by atoms with Crippen molar-refractivity contribution in [3.8, 4) is 0 Å². The van der Waals surface area contributed by atoms with E-state index in [9.17, 15) is 14.0 Å². The van der Waals surface area contributed by atoms with Gasteiger partial charge in [0.1, 0.15) is 11.9 Å². The Labute approximate surface area is 177 Å². The van der Waals surface area contributed by atoms with Crippen LogP contribution in [-0.2, 0) is 4.79 Å². The topological polar surface area (TPSA) is 73.8 Å². The van der Waals surface area contributed by atoms with Gasteiger partial charge >= 0.3 is 0 Å². The molecule has 0 radical (unpaired) electrons. The molecule has 0 aliphatic rings. The molecule has 0 aliphatic heterocycles. The first-order valence-corrected chi connectivity index (χ1v) is 10.1. The number of hydrazone groups is 1. The van der Waals surface area contributed by atoms with Gasteiger partial charge in [-0.25, -0.2) is 9.82 Å². The summed E-state index contributed by atoms with van der Waals surface area (Å²) in [6.45, 7) is 9.64. The molecule has 0 aromatic heterocycles. The standard InChI is InChI=1S/C23H29FN4O2/c1-5-28(6-2)18-13-11-17(12-14-18)15-25-27-23(30)21(16(3)4)26-22(29)19-9-7-8-10-20(19)24/h7-16,21H,5-6H2,1-4H3,(H,26,29)(H,27,30). The molecule has 0 spiro atoms. The second-order valence-electron chi connectivity index (χ2n) is 7.17. The number of carbonyl (C=O) groups is 2. The summed E-state index contributed by atoms with van der Waals surface area (Å²) in [7, 11) is 0. The normalized spacial score (nSPS) is 12.1. The Morgan fingerprint density at radius 2 is 1.70 bits per heavy atom. The molecule has 30 heavy (non-hydrogen) atoms. The van der Waals surface area contributed by atoms with E-state index in [-0.39, 0.29) is 11.5 Å². The summed E-state index contributed by atoms with van der Waals surface area (Å²) in [5.41, 5.74) is 4.31. The van der Waals surface area contributed by atoms with Gasteiger partial charge in [0.25, 0.3) is 11.8 Å². The lowest BCUT2D eigenvalue weighted by Crippen LogP contribution is -2.48. The van der Waals surface area contributed by atoms with E-state index >= 15 is 0 Å². The van der Waals surface area contributed by atoms with Crippen molar-refractivity contribution in [2.45, 2.75) is 33.7 Å². The van der Waals surface area contributed by atoms with Crippen LogP contribution in [0.5, 0.6) is 0 Å². The lowest BCUT2D eigenvalue weighted by molar-refractivity contribution is -0.123. The molecule has 0 bridgehead atoms. The van der Waals surface area contributed by atoms with E-state index in [1.807, 2.05) is 24.3 Å². The van der Waals surface area contributed by atoms with Crippen molar-refractivity contribution < 1.29 is 14.0 Å². The zero-order chi connectivity index (χ0) is 22.1. The molecule has 7 heteroatoms. The third-order valence-corrected chi connectivity index (χ3v) is 4.76. The highest BCUT2D eigenvalue weighted by Gasteiger charge is 2.25. The molecule has 0 aliphatic carbocycles. The van der Waals surface area contributed by atoms with E-state index in [4.69, 9.17) is 0 Å². The Bertz CT molecular complexity index is 877. The fraction of sp³-hybridized carbons (Fsp3) is 0.348. The minimum absolute atomic E-state index is 0.104. The summed E-state index contributed by atoms with van der Waals surface area (Å²) in [6, 6.07) is 12.6. The molecule has 2 amide bonds. The molecular weight excluding hydrogens is 383 g/mol. The van der Waals surface area contributed by atoms with Gasteiger partial charge in [-0.05, 0) is 49.6 Å². The van der Waals surface area contributed by atoms with Crippen LogP contribution in [0.25, 0.3) is 0 Å². The summed E-state index contributed by atoms with van der Waals surface area (Å²) in [5.74, 6) is -1.95. The van der Waals surface area contributed by atoms with Gasteiger partial charge in [-0.3, -0.25) is 9.59 Å². The van der Waals surface area contributed by atoms with Gasteiger partial charge in [0.2, 0.25) is 0 Å². The quantitative estimate of drug-likeness (QED) is 0.488. The number of hydrogen-bond donors (Lipinski definition) is 2. The summed E-state index contributed by atoms with van der Waals surface area (Å²) < 4.78 is 13.8. The molecule has 1 atom stereocenters. The molecule has 0 saturated carbocycles. The van der Waals surface area contributed by atoms with Crippen molar-refractivity contribution in [3.63, 3.8) is 0 Å². The van der Waals surface area contributed by atoms with Crippen LogP contribution in [0.1, 0.15) is 43.6 Å². The lowest BCUT2D eigenvalue weighted by Gasteiger charge is -2.21. The summed E-state index contributed by atoms with van der Waals surface area (Å²) >= 11 is 0. The van der Waals surface area contributed by atoms with Crippen LogP contribution in [0.15, 0.2) is 53.6 Å². The number of amides is 2. The first kappa shape index (κ1) is 23.1. The predicted molar refractivity (Wildman–Crippen MR) is 118 cm³/mol. The van der Waals surface area contributed by atoms with E-state index in [1.165, 1.54) is 18.2 Å². The van der Waals surface area contributed by atoms with Gasteiger partial charge in [0, 0.05) is 18.8 Å². The second-order valence-corrected chi connectivity index (χ2v) is 7.17. The van der Waals surface area contributed by atoms with Crippen molar-refractivity contribution in [2.24, 2.45) is 11.0 Å². The number of nitrogens with one attached hydrogen (secondary N) is 2. The van der Waals surface area contributed by atoms with Gasteiger partial charge < -0.3 is 10.2 Å². The Balaban J connectivity index is 2.00. The summed E-state index contributed by atoms with van der Waals surface area (Å²) in [6.07, 6.45) is 1.54. The average Bonchev–Trinajstić information content (AvgIpc) is 2.73. The predicted octanol–water partition coefficient (Wildman–Crippen LogP) is 3.58. The molecule has 0 fully saturated rings. The maximum atomic E-state index is 13.8. The zero-order valence-electron chi connectivity index (χ0n) is 17.9. The Morgan fingerprint density at radius 1 is 1.07 bits per heavy atom. The van der Waals surface area contributed by atoms with Crippen LogP contribution >= 0.6 is 0 Å². The van der Waals surface area contributed by atoms with Crippen LogP contribution in [-0.4, -0.2) is 37.2 Å². The van der Waals surface area contributed by atoms with E-state index in [0.29, 0.717) is 0 Å². The van der Waals surface area contributed by atoms with Crippen LogP contribution in [0, 0.1) is 11.7 Å². The number of hydrogen-bond acceptors (Lipinski definition) is 4. The Hall–Kier alpha value is -3.22. The Kier molecular flexibility index (Phi) is 8.53. The number of nitrogens with zero attached hydrogens (tertiary/aromatic N) is 2. The van der Waals surface area contributed by atoms with Crippen LogP contribution < -0.4 is 15.6 Å². The van der Waals surface area contributed by atoms with E-state index in [0.717, 1.165) is 24.3 Å². The molecule has 2 aromatic rings. The number of anilines is 1. The molecule has 2 N–H and O–H groups in total. The van der Waals surface area contributed by atoms with Crippen molar-refractivity contribution in [1.82, 2.24) is 10.7 Å². The van der Waals surface area contributed by atoms with Gasteiger partial charge in [-0.15, -0.1) is 0 Å². The number of halogens is 1. The number of rotatable bonds is 9. The van der Waals surface area contributed by atoms with Gasteiger partial charge in [-0.2, -0.15) is 5.10 Å². The lowest BCUT2D eigenvalue weighted by atomic mass is 10.0. The van der Waals surface area contributed by atoms with E-state index < -0.39 is 23.7 Å². The molecule has 2 rings (SSSR count). The van der Waals surface area contributed by atoms with E-state index in [1.54, 1.807) is 26.1 Å². The van der Waals surface area contributed by atoms with Crippen LogP contribution in [0.3, 0.4) is 0 Å². The van der Waals surface area contributed by atoms with Gasteiger partial charge in [0.15, 0.2) is 0 Å². The van der Waals surface area contributed by atoms with Crippen molar-refractivity contribution >= 4 is 23.7 Å². The first-order chi connectivity index (χ1) is 14.4. The Morgan fingerprint density at radius 3 is 2.27 bits per heavy atom. The minimum atomic E-state index is -0.848. The zero-order valence-corrected chi connectivity index (χ0v) is 17.9. The smallest absolute Gasteiger partial charge is 0.262 e. The molecule has 0 heterocycles. The summed E-state index contributed by atoms with van der Waals surface area (Å²) in [4.78, 5) is 27.1. The molecule has 160 valence electrons. The highest BCUT2D eigenvalue weighted by atomic mass is 19.1. The summed E-state index contributed by atoms with van der Waals surface area (Å²) in [5, 5.41) is 6.58. The maximum absolute atomic E-state index is 13.8. The fourth-order valence-corrected chi connectivity index (χ4v) is 3.00. The fourth-order valence-electron chi connectivity index (χ4n) is 3.00. The largest absolute Gasteiger partial charge is 0.372 e. The first-order valence-electron chi connectivity index (χ1n) is 10.1. The third-order valence-electron chi connectivity index (χ3n) is 4.76. The SMILES string of the molecule is CCN(CC)c1ccc(C=NNC(=O)C(NC(=O)c2ccccc2F)C(C)C)cc1. The third kappa shape index (κ3) is 6.14. The molecular formula is C23H29FN4O2. The molecule has 0 saturated heterocycles. The van der Waals surface area contributed by atoms with Crippen LogP contribution in [0.2, 0.25) is 0 Å². The average molecular weight is 413 g/mol. The van der Waals surface area contributed by atoms with Gasteiger partial charge in [0.05, 0.1) is 11.8 Å². The maximum Gasteiger partial charge on any atom is 0.262 e. The minimum Gasteiger partial charge on any atom is -0.372 e. The van der Waals surface area contributed by atoms with Crippen molar-refractivity contribution in [1.29, 1.82) is 0 Å². The number of benzene rings is 2. The van der Waals surface area contributed by atoms with Gasteiger partial charge in [-0.1, -0.05) is 38.1 Å². The highest BCUT2D eigenvalue weighted by Crippen LogP contribution is 2.14. The highest BCUT2D eigenvalue weighted by molar-refractivity contribution is 5.98. The second kappa shape index (κ2) is 11.1. The monoisotopic (exact) mass is 412 g/mol.